The van der Waals surface area contributed by atoms with Gasteiger partial charge in [0, 0.05) is 13.1 Å². The summed E-state index contributed by atoms with van der Waals surface area (Å²) in [4.78, 5) is 10.2. The smallest absolute Gasteiger partial charge is 0.242 e. The first-order chi connectivity index (χ1) is 8.15. The number of nitrogen functional groups attached to an aromatic ring is 1. The zero-order valence-electron chi connectivity index (χ0n) is 10.7. The van der Waals surface area contributed by atoms with Crippen LogP contribution < -0.4 is 15.8 Å². The predicted octanol–water partition coefficient (Wildman–Crippen LogP) is 0.821. The van der Waals surface area contributed by atoms with E-state index < -0.39 is 0 Å². The van der Waals surface area contributed by atoms with Gasteiger partial charge < -0.3 is 20.7 Å². The number of likely N-dealkylation sites (N-methyl/N-ethyl adjacent to an activating group) is 1. The number of rotatable bonds is 7. The van der Waals surface area contributed by atoms with Gasteiger partial charge in [0.05, 0.1) is 6.61 Å². The molecule has 0 atom stereocenters. The molecule has 0 saturated heterocycles. The average Bonchev–Trinajstić information content (AvgIpc) is 2.29. The Morgan fingerprint density at radius 2 is 2.18 bits per heavy atom. The van der Waals surface area contributed by atoms with Crippen LogP contribution in [0.5, 0.6) is 5.88 Å². The molecule has 1 aromatic rings. The maximum Gasteiger partial charge on any atom is 0.242 e. The quantitative estimate of drug-likeness (QED) is 0.733. The largest absolute Gasteiger partial charge is 0.476 e. The first-order valence-corrected chi connectivity index (χ1v) is 5.77. The third-order valence-electron chi connectivity index (χ3n) is 2.14. The molecule has 17 heavy (non-hydrogen) atoms. The topological polar surface area (TPSA) is 76.3 Å². The summed E-state index contributed by atoms with van der Waals surface area (Å²) in [7, 11) is 4.03. The normalized spacial score (nSPS) is 10.6. The summed E-state index contributed by atoms with van der Waals surface area (Å²) in [6.45, 7) is 4.34. The van der Waals surface area contributed by atoms with E-state index in [-0.39, 0.29) is 0 Å². The lowest BCUT2D eigenvalue weighted by Gasteiger charge is -2.13. The third-order valence-corrected chi connectivity index (χ3v) is 2.14. The van der Waals surface area contributed by atoms with Gasteiger partial charge >= 0.3 is 0 Å². The monoisotopic (exact) mass is 239 g/mol. The molecule has 3 N–H and O–H groups in total. The molecule has 0 radical (unpaired) electrons. The van der Waals surface area contributed by atoms with Crippen molar-refractivity contribution in [1.82, 2.24) is 14.9 Å². The summed E-state index contributed by atoms with van der Waals surface area (Å²) < 4.78 is 5.43. The Morgan fingerprint density at radius 1 is 1.41 bits per heavy atom. The van der Waals surface area contributed by atoms with Crippen molar-refractivity contribution in [2.24, 2.45) is 0 Å². The van der Waals surface area contributed by atoms with E-state index in [0.29, 0.717) is 24.0 Å². The van der Waals surface area contributed by atoms with Crippen molar-refractivity contribution in [1.29, 1.82) is 0 Å². The number of aromatic nitrogens is 2. The first-order valence-electron chi connectivity index (χ1n) is 5.77. The minimum Gasteiger partial charge on any atom is -0.476 e. The molecule has 6 heteroatoms. The second-order valence-corrected chi connectivity index (χ2v) is 4.02. The average molecular weight is 239 g/mol. The highest BCUT2D eigenvalue weighted by molar-refractivity contribution is 5.66. The Kier molecular flexibility index (Phi) is 5.48. The van der Waals surface area contributed by atoms with E-state index in [1.54, 1.807) is 0 Å². The van der Waals surface area contributed by atoms with Crippen molar-refractivity contribution in [3.05, 3.63) is 6.33 Å². The zero-order chi connectivity index (χ0) is 12.7. The van der Waals surface area contributed by atoms with Crippen molar-refractivity contribution in [2.45, 2.75) is 13.3 Å². The molecular weight excluding hydrogens is 218 g/mol. The lowest BCUT2D eigenvalue weighted by Crippen LogP contribution is -2.21. The molecule has 0 fully saturated rings. The van der Waals surface area contributed by atoms with Crippen LogP contribution in [-0.2, 0) is 0 Å². The molecule has 1 aromatic heterocycles. The van der Waals surface area contributed by atoms with Gasteiger partial charge in [0.25, 0.3) is 0 Å². The molecule has 0 aromatic carbocycles. The maximum atomic E-state index is 5.91. The molecule has 0 amide bonds. The minimum absolute atomic E-state index is 0.453. The molecule has 0 bridgehead atoms. The first kappa shape index (κ1) is 13.5. The summed E-state index contributed by atoms with van der Waals surface area (Å²) in [5, 5.41) is 3.16. The second kappa shape index (κ2) is 6.90. The molecule has 96 valence electrons. The zero-order valence-corrected chi connectivity index (χ0v) is 10.7. The van der Waals surface area contributed by atoms with Crippen molar-refractivity contribution in [2.75, 3.05) is 44.8 Å². The fourth-order valence-corrected chi connectivity index (χ4v) is 1.23. The van der Waals surface area contributed by atoms with Crippen LogP contribution in [0.3, 0.4) is 0 Å². The van der Waals surface area contributed by atoms with Gasteiger partial charge in [-0.25, -0.2) is 4.98 Å². The Balaban J connectivity index is 2.59. The van der Waals surface area contributed by atoms with Crippen LogP contribution in [0.2, 0.25) is 0 Å². The van der Waals surface area contributed by atoms with E-state index >= 15 is 0 Å². The number of hydrogen-bond acceptors (Lipinski definition) is 6. The maximum absolute atomic E-state index is 5.91. The Hall–Kier alpha value is -1.56. The molecule has 0 aliphatic heterocycles. The Morgan fingerprint density at radius 3 is 2.82 bits per heavy atom. The van der Waals surface area contributed by atoms with Crippen molar-refractivity contribution >= 4 is 11.5 Å². The van der Waals surface area contributed by atoms with Gasteiger partial charge in [-0.2, -0.15) is 4.98 Å². The van der Waals surface area contributed by atoms with E-state index in [0.717, 1.165) is 19.5 Å². The molecule has 0 spiro atoms. The summed E-state index contributed by atoms with van der Waals surface area (Å²) in [5.74, 6) is 1.09. The highest BCUT2D eigenvalue weighted by Crippen LogP contribution is 2.24. The highest BCUT2D eigenvalue weighted by atomic mass is 16.5. The van der Waals surface area contributed by atoms with E-state index in [1.165, 1.54) is 6.33 Å². The van der Waals surface area contributed by atoms with E-state index in [4.69, 9.17) is 10.5 Å². The number of nitrogens with zero attached hydrogens (tertiary/aromatic N) is 3. The summed E-state index contributed by atoms with van der Waals surface area (Å²) in [6.07, 6.45) is 2.38. The van der Waals surface area contributed by atoms with Crippen LogP contribution in [0.4, 0.5) is 11.5 Å². The number of ether oxygens (including phenoxy) is 1. The molecular formula is C11H21N5O. The molecule has 0 unspecified atom stereocenters. The third kappa shape index (κ3) is 4.44. The Bertz CT molecular complexity index is 343. The number of nitrogens with two attached hydrogens (primary N) is 1. The molecule has 1 rings (SSSR count). The number of hydrogen-bond donors (Lipinski definition) is 2. The highest BCUT2D eigenvalue weighted by Gasteiger charge is 2.08. The van der Waals surface area contributed by atoms with Crippen LogP contribution in [-0.4, -0.2) is 48.7 Å². The summed E-state index contributed by atoms with van der Waals surface area (Å²) in [5.41, 5.74) is 6.39. The van der Waals surface area contributed by atoms with Crippen molar-refractivity contribution in [3.8, 4) is 5.88 Å². The van der Waals surface area contributed by atoms with Gasteiger partial charge in [0.2, 0.25) is 5.88 Å². The molecule has 0 aliphatic carbocycles. The van der Waals surface area contributed by atoms with Gasteiger partial charge in [0.1, 0.15) is 12.0 Å². The van der Waals surface area contributed by atoms with Gasteiger partial charge in [-0.05, 0) is 20.5 Å². The van der Waals surface area contributed by atoms with Gasteiger partial charge in [0.15, 0.2) is 5.82 Å². The standard InChI is InChI=1S/C11H21N5O/c1-4-7-17-11-9(12)10(14-8-15-11)13-5-6-16(2)3/h8H,4-7,12H2,1-3H3,(H,13,14,15). The lowest BCUT2D eigenvalue weighted by atomic mass is 10.4. The Labute approximate surface area is 102 Å². The van der Waals surface area contributed by atoms with Crippen molar-refractivity contribution in [3.63, 3.8) is 0 Å². The minimum atomic E-state index is 0.453. The van der Waals surface area contributed by atoms with Gasteiger partial charge in [-0.3, -0.25) is 0 Å². The predicted molar refractivity (Wildman–Crippen MR) is 69.3 cm³/mol. The molecule has 0 aliphatic rings. The number of anilines is 2. The second-order valence-electron chi connectivity index (χ2n) is 4.02. The van der Waals surface area contributed by atoms with Crippen LogP contribution >= 0.6 is 0 Å². The molecule has 6 nitrogen and oxygen atoms in total. The summed E-state index contributed by atoms with van der Waals surface area (Å²) >= 11 is 0. The van der Waals surface area contributed by atoms with Crippen LogP contribution in [0.25, 0.3) is 0 Å². The lowest BCUT2D eigenvalue weighted by molar-refractivity contribution is 0.306. The van der Waals surface area contributed by atoms with Crippen LogP contribution in [0.1, 0.15) is 13.3 Å². The molecule has 1 heterocycles. The number of nitrogens with one attached hydrogen (secondary N) is 1. The van der Waals surface area contributed by atoms with Gasteiger partial charge in [-0.1, -0.05) is 6.92 Å². The molecule has 0 saturated carbocycles. The SMILES string of the molecule is CCCOc1ncnc(NCCN(C)C)c1N. The van der Waals surface area contributed by atoms with E-state index in [2.05, 4.69) is 20.2 Å². The fourth-order valence-electron chi connectivity index (χ4n) is 1.23. The van der Waals surface area contributed by atoms with Gasteiger partial charge in [-0.15, -0.1) is 0 Å². The van der Waals surface area contributed by atoms with Crippen LogP contribution in [0, 0.1) is 0 Å². The van der Waals surface area contributed by atoms with E-state index in [1.807, 2.05) is 21.0 Å². The fraction of sp³-hybridized carbons (Fsp3) is 0.636. The van der Waals surface area contributed by atoms with Crippen LogP contribution in [0.15, 0.2) is 6.33 Å². The summed E-state index contributed by atoms with van der Waals surface area (Å²) in [6, 6.07) is 0. The van der Waals surface area contributed by atoms with E-state index in [9.17, 15) is 0 Å². The van der Waals surface area contributed by atoms with Crippen molar-refractivity contribution < 1.29 is 4.74 Å².